The van der Waals surface area contributed by atoms with Crippen molar-refractivity contribution < 1.29 is 13.2 Å². The molecule has 26 heavy (non-hydrogen) atoms. The van der Waals surface area contributed by atoms with Crippen LogP contribution in [0, 0.1) is 6.92 Å². The van der Waals surface area contributed by atoms with Crippen LogP contribution in [0.3, 0.4) is 0 Å². The maximum Gasteiger partial charge on any atom is 0.267 e. The van der Waals surface area contributed by atoms with Crippen molar-refractivity contribution in [3.8, 4) is 0 Å². The zero-order valence-corrected chi connectivity index (χ0v) is 16.4. The third kappa shape index (κ3) is 3.06. The van der Waals surface area contributed by atoms with Gasteiger partial charge in [0.1, 0.15) is 9.75 Å². The molecule has 0 aromatic heterocycles. The van der Waals surface area contributed by atoms with Crippen LogP contribution in [0.5, 0.6) is 0 Å². The molecule has 134 valence electrons. The summed E-state index contributed by atoms with van der Waals surface area (Å²) in [5, 5.41) is -0.466. The summed E-state index contributed by atoms with van der Waals surface area (Å²) in [6.45, 7) is 1.89. The minimum Gasteiger partial charge on any atom is -0.271 e. The fourth-order valence-electron chi connectivity index (χ4n) is 2.77. The number of fused-ring (bicyclic) bond motifs is 1. The van der Waals surface area contributed by atoms with E-state index in [2.05, 4.69) is 4.99 Å². The summed E-state index contributed by atoms with van der Waals surface area (Å²) >= 11 is 2.89. The highest BCUT2D eigenvalue weighted by molar-refractivity contribution is 8.39. The highest BCUT2D eigenvalue weighted by atomic mass is 32.2. The van der Waals surface area contributed by atoms with Crippen molar-refractivity contribution in [2.75, 3.05) is 0 Å². The Balaban J connectivity index is 1.47. The average Bonchev–Trinajstić information content (AvgIpc) is 2.99. The number of amides is 1. The van der Waals surface area contributed by atoms with Crippen molar-refractivity contribution in [1.82, 2.24) is 4.31 Å². The largest absolute Gasteiger partial charge is 0.271 e. The topological polar surface area (TPSA) is 66.8 Å². The lowest BCUT2D eigenvalue weighted by Crippen LogP contribution is -2.62. The van der Waals surface area contributed by atoms with Gasteiger partial charge in [0.25, 0.3) is 15.9 Å². The Bertz CT molecular complexity index is 973. The van der Waals surface area contributed by atoms with Gasteiger partial charge in [-0.3, -0.25) is 9.79 Å². The summed E-state index contributed by atoms with van der Waals surface area (Å²) in [5.74, 6) is 0.295. The zero-order chi connectivity index (χ0) is 18.3. The Morgan fingerprint density at radius 3 is 2.50 bits per heavy atom. The quantitative estimate of drug-likeness (QED) is 0.732. The van der Waals surface area contributed by atoms with E-state index in [0.717, 1.165) is 25.6 Å². The molecule has 2 aromatic rings. The number of benzene rings is 2. The highest BCUT2D eigenvalue weighted by Crippen LogP contribution is 2.45. The predicted octanol–water partition coefficient (Wildman–Crippen LogP) is 3.26. The van der Waals surface area contributed by atoms with E-state index < -0.39 is 27.3 Å². The van der Waals surface area contributed by atoms with Gasteiger partial charge in [0.05, 0.1) is 4.90 Å². The number of sulfonamides is 1. The first-order valence-electron chi connectivity index (χ1n) is 8.03. The average molecular weight is 405 g/mol. The molecule has 0 N–H and O–H groups in total. The summed E-state index contributed by atoms with van der Waals surface area (Å²) < 4.78 is 27.3. The van der Waals surface area contributed by atoms with E-state index in [0.29, 0.717) is 0 Å². The maximum absolute atomic E-state index is 12.8. The van der Waals surface area contributed by atoms with Gasteiger partial charge in [-0.25, -0.2) is 12.7 Å². The fraction of sp³-hybridized carbons (Fsp3) is 0.222. The molecule has 2 aliphatic heterocycles. The molecule has 1 fully saturated rings. The highest BCUT2D eigenvalue weighted by Gasteiger charge is 2.57. The molecule has 0 radical (unpaired) electrons. The lowest BCUT2D eigenvalue weighted by Gasteiger charge is -2.39. The first-order valence-corrected chi connectivity index (χ1v) is 11.3. The molecule has 8 heteroatoms. The standard InChI is InChI=1S/C18H16N2O3S3/c1-12-7-9-14(10-8-12)26(22,23)20-16(21)15-17(20)25-18(19-15)24-11-13-5-3-2-4-6-13/h2-10,15,17H,11H2,1H3. The van der Waals surface area contributed by atoms with Gasteiger partial charge in [0.2, 0.25) is 0 Å². The first-order chi connectivity index (χ1) is 12.5. The summed E-state index contributed by atoms with van der Waals surface area (Å²) in [6, 6.07) is 15.9. The van der Waals surface area contributed by atoms with Crippen LogP contribution in [-0.4, -0.2) is 34.4 Å². The number of β-lactam (4-membered cyclic amide) rings is 1. The number of thioether (sulfide) groups is 2. The summed E-state index contributed by atoms with van der Waals surface area (Å²) in [4.78, 5) is 16.9. The molecule has 2 atom stereocenters. The van der Waals surface area contributed by atoms with E-state index in [-0.39, 0.29) is 4.90 Å². The number of nitrogens with zero attached hydrogens (tertiary/aromatic N) is 2. The van der Waals surface area contributed by atoms with E-state index in [4.69, 9.17) is 0 Å². The number of carbonyl (C=O) groups excluding carboxylic acids is 1. The Labute approximate surface area is 160 Å². The van der Waals surface area contributed by atoms with Gasteiger partial charge in [-0.2, -0.15) is 0 Å². The van der Waals surface area contributed by atoms with E-state index in [1.165, 1.54) is 35.7 Å². The minimum atomic E-state index is -3.83. The van der Waals surface area contributed by atoms with E-state index >= 15 is 0 Å². The number of aliphatic imine (C=N–C) groups is 1. The molecular formula is C18H16N2O3S3. The fourth-order valence-corrected chi connectivity index (χ4v) is 6.98. The predicted molar refractivity (Wildman–Crippen MR) is 106 cm³/mol. The van der Waals surface area contributed by atoms with Gasteiger partial charge in [-0.05, 0) is 24.6 Å². The van der Waals surface area contributed by atoms with Crippen molar-refractivity contribution in [1.29, 1.82) is 0 Å². The van der Waals surface area contributed by atoms with Crippen LogP contribution in [0.4, 0.5) is 0 Å². The lowest BCUT2D eigenvalue weighted by atomic mass is 10.2. The van der Waals surface area contributed by atoms with Crippen molar-refractivity contribution in [3.63, 3.8) is 0 Å². The Hall–Kier alpha value is -1.77. The monoisotopic (exact) mass is 404 g/mol. The second kappa shape index (κ2) is 6.75. The molecule has 5 nitrogen and oxygen atoms in total. The van der Waals surface area contributed by atoms with Crippen LogP contribution >= 0.6 is 23.5 Å². The Morgan fingerprint density at radius 1 is 1.12 bits per heavy atom. The van der Waals surface area contributed by atoms with Crippen molar-refractivity contribution in [3.05, 3.63) is 65.7 Å². The van der Waals surface area contributed by atoms with Crippen LogP contribution in [0.25, 0.3) is 0 Å². The minimum absolute atomic E-state index is 0.140. The molecule has 1 saturated heterocycles. The Kier molecular flexibility index (Phi) is 4.58. The van der Waals surface area contributed by atoms with Gasteiger partial charge in [0.15, 0.2) is 6.04 Å². The molecule has 0 saturated carbocycles. The Morgan fingerprint density at radius 2 is 1.81 bits per heavy atom. The molecule has 2 aromatic carbocycles. The molecule has 0 spiro atoms. The van der Waals surface area contributed by atoms with E-state index in [1.54, 1.807) is 12.1 Å². The van der Waals surface area contributed by atoms with Crippen molar-refractivity contribution >= 4 is 43.8 Å². The number of carbonyl (C=O) groups is 1. The normalized spacial score (nSPS) is 22.0. The van der Waals surface area contributed by atoms with Crippen LogP contribution in [0.2, 0.25) is 0 Å². The second-order valence-electron chi connectivity index (χ2n) is 6.07. The molecule has 4 rings (SSSR count). The molecule has 0 bridgehead atoms. The van der Waals surface area contributed by atoms with Gasteiger partial charge in [-0.15, -0.1) is 0 Å². The first kappa shape index (κ1) is 17.6. The number of aryl methyl sites for hydroxylation is 1. The van der Waals surface area contributed by atoms with E-state index in [9.17, 15) is 13.2 Å². The van der Waals surface area contributed by atoms with Crippen LogP contribution in [-0.2, 0) is 20.6 Å². The number of hydrogen-bond acceptors (Lipinski definition) is 6. The lowest BCUT2D eigenvalue weighted by molar-refractivity contribution is -0.136. The number of rotatable bonds is 4. The van der Waals surface area contributed by atoms with Gasteiger partial charge < -0.3 is 0 Å². The molecule has 0 aliphatic carbocycles. The molecule has 2 heterocycles. The summed E-state index contributed by atoms with van der Waals surface area (Å²) in [7, 11) is -3.83. The van der Waals surface area contributed by atoms with Gasteiger partial charge in [-0.1, -0.05) is 71.6 Å². The molecule has 2 unspecified atom stereocenters. The molecular weight excluding hydrogens is 388 g/mol. The molecule has 2 aliphatic rings. The SMILES string of the molecule is Cc1ccc(S(=O)(=O)N2C(=O)C3N=C(SCc4ccccc4)SC32)cc1. The zero-order valence-electron chi connectivity index (χ0n) is 13.9. The van der Waals surface area contributed by atoms with Crippen LogP contribution in [0.1, 0.15) is 11.1 Å². The third-order valence-electron chi connectivity index (χ3n) is 4.22. The van der Waals surface area contributed by atoms with Crippen LogP contribution < -0.4 is 0 Å². The summed E-state index contributed by atoms with van der Waals surface area (Å²) in [5.41, 5.74) is 2.13. The molecule has 1 amide bonds. The van der Waals surface area contributed by atoms with Gasteiger partial charge >= 0.3 is 0 Å². The van der Waals surface area contributed by atoms with Crippen LogP contribution in [0.15, 0.2) is 64.5 Å². The maximum atomic E-state index is 12.8. The second-order valence-corrected chi connectivity index (χ2v) is 10.2. The van der Waals surface area contributed by atoms with Gasteiger partial charge in [0, 0.05) is 5.75 Å². The third-order valence-corrected chi connectivity index (χ3v) is 8.64. The van der Waals surface area contributed by atoms with E-state index in [1.807, 2.05) is 37.3 Å². The number of hydrogen-bond donors (Lipinski definition) is 0. The smallest absolute Gasteiger partial charge is 0.267 e. The summed E-state index contributed by atoms with van der Waals surface area (Å²) in [6.07, 6.45) is 0. The van der Waals surface area contributed by atoms with Crippen molar-refractivity contribution in [2.45, 2.75) is 29.0 Å². The van der Waals surface area contributed by atoms with Crippen molar-refractivity contribution in [2.24, 2.45) is 4.99 Å².